The molecule has 73 heavy (non-hydrogen) atoms. The van der Waals surface area contributed by atoms with Crippen LogP contribution in [0.4, 0.5) is 0 Å². The summed E-state index contributed by atoms with van der Waals surface area (Å²) in [5.41, 5.74) is 0. The van der Waals surface area contributed by atoms with Crippen molar-refractivity contribution < 1.29 is 154 Å². The van der Waals surface area contributed by atoms with E-state index >= 15 is 0 Å². The summed E-state index contributed by atoms with van der Waals surface area (Å²) in [5.74, 6) is -1.55. The molecule has 0 aliphatic carbocycles. The molecule has 0 bridgehead atoms. The summed E-state index contributed by atoms with van der Waals surface area (Å²) in [6, 6.07) is -3.28. The zero-order chi connectivity index (χ0) is 53.9. The molecule has 0 unspecified atom stereocenters. The summed E-state index contributed by atoms with van der Waals surface area (Å²) < 4.78 is 62.5. The lowest BCUT2D eigenvalue weighted by Crippen LogP contribution is -2.70. The van der Waals surface area contributed by atoms with Gasteiger partial charge in [-0.15, -0.1) is 0 Å². The maximum Gasteiger partial charge on any atom is 0.217 e. The highest BCUT2D eigenvalue weighted by atomic mass is 16.8. The molecule has 6 saturated heterocycles. The van der Waals surface area contributed by atoms with Crippen molar-refractivity contribution in [3.05, 3.63) is 0 Å². The molecule has 0 aromatic carbocycles. The Morgan fingerprint density at radius 2 is 0.699 bits per heavy atom. The number of ether oxygens (including phenoxy) is 11. The molecular weight excluding hydrogens is 1000 g/mol. The fourth-order valence-corrected chi connectivity index (χ4v) is 9.21. The van der Waals surface area contributed by atoms with Crippen molar-refractivity contribution in [3.8, 4) is 0 Å². The number of hydrogen-bond donors (Lipinski definition) is 20. The van der Waals surface area contributed by atoms with Crippen molar-refractivity contribution >= 4 is 11.8 Å². The van der Waals surface area contributed by atoms with Gasteiger partial charge in [-0.25, -0.2) is 0 Å². The lowest BCUT2D eigenvalue weighted by atomic mass is 9.94. The standard InChI is InChI=1S/C40H68N2O31/c1-9(48)41-17-23(54)31(14(6-46)64-35(17)62)70-36-18(42-10(2)49)24(55)32(15(7-47)68-36)71-40-30(61)34(73-39-28(59)26(57)20(51)12(4-44)67-39)22(53)16(69-40)8-63-37-29(60)33(21(52)13(5-45)65-37)72-38-27(58)25(56)19(50)11(3-43)66-38/h11-40,43-47,50-62H,3-8H2,1-2H3,(H,41,48)(H,42,49)/t11-,12-,13-,14-,15-,16-,17-,18-,19-,20-,21-,22-,23-,24-,25+,26+,27+,28+,29+,30+,31-,32-,33+,34+,35+,36+,37-,38-,39+,40+/m1/s1. The van der Waals surface area contributed by atoms with E-state index in [2.05, 4.69) is 10.6 Å². The molecule has 30 atom stereocenters. The SMILES string of the molecule is CC(=O)N[C@@H]1[C@@H](O)[C@H](O[C@@H]2O[C@H](CO)[C@@H](O[C@@H]3O[C@H](CO[C@@H]4O[C@H](CO)[C@@H](O)[C@H](O[C@H]5O[C@H](CO)[C@@H](O)[C@H](O)[C@@H]5O)[C@@H]4O)[C@@H](O)[C@H](O[C@@H]4O[C@H](CO)[C@@H](O)[C@H](O)[C@@H]4O)[C@@H]3O)[C@H](O)[C@H]2NC(C)=O)[C@@H](CO)O[C@@H]1O. The van der Waals surface area contributed by atoms with E-state index in [0.29, 0.717) is 0 Å². The number of hydrogen-bond acceptors (Lipinski definition) is 31. The quantitative estimate of drug-likeness (QED) is 0.0606. The Morgan fingerprint density at radius 1 is 0.356 bits per heavy atom. The molecule has 33 nitrogen and oxygen atoms in total. The second-order valence-corrected chi connectivity index (χ2v) is 18.3. The zero-order valence-corrected chi connectivity index (χ0v) is 38.9. The minimum absolute atomic E-state index is 0.716. The van der Waals surface area contributed by atoms with Crippen molar-refractivity contribution in [3.63, 3.8) is 0 Å². The summed E-state index contributed by atoms with van der Waals surface area (Å²) >= 11 is 0. The predicted molar refractivity (Wildman–Crippen MR) is 222 cm³/mol. The van der Waals surface area contributed by atoms with Crippen LogP contribution in [0.5, 0.6) is 0 Å². The third kappa shape index (κ3) is 13.0. The molecule has 424 valence electrons. The summed E-state index contributed by atoms with van der Waals surface area (Å²) in [4.78, 5) is 24.4. The van der Waals surface area contributed by atoms with Gasteiger partial charge in [-0.2, -0.15) is 0 Å². The summed E-state index contributed by atoms with van der Waals surface area (Å²) in [5, 5.41) is 197. The molecule has 0 radical (unpaired) electrons. The Labute approximate surface area is 413 Å². The van der Waals surface area contributed by atoms with E-state index in [1.165, 1.54) is 0 Å². The first-order valence-corrected chi connectivity index (χ1v) is 23.1. The second kappa shape index (κ2) is 26.0. The predicted octanol–water partition coefficient (Wildman–Crippen LogP) is -13.8. The fraction of sp³-hybridized carbons (Fsp3) is 0.950. The molecule has 6 aliphatic rings. The van der Waals surface area contributed by atoms with E-state index in [1.54, 1.807) is 0 Å². The lowest BCUT2D eigenvalue weighted by Gasteiger charge is -2.50. The summed E-state index contributed by atoms with van der Waals surface area (Å²) in [7, 11) is 0. The van der Waals surface area contributed by atoms with Crippen LogP contribution in [0.2, 0.25) is 0 Å². The Balaban J connectivity index is 1.26. The van der Waals surface area contributed by atoms with E-state index in [1.807, 2.05) is 0 Å². The van der Waals surface area contributed by atoms with E-state index in [9.17, 15) is 102 Å². The van der Waals surface area contributed by atoms with Crippen molar-refractivity contribution in [2.75, 3.05) is 39.6 Å². The highest BCUT2D eigenvalue weighted by molar-refractivity contribution is 5.73. The minimum atomic E-state index is -2.27. The van der Waals surface area contributed by atoms with Crippen molar-refractivity contribution in [1.29, 1.82) is 0 Å². The second-order valence-electron chi connectivity index (χ2n) is 18.3. The molecule has 0 aromatic heterocycles. The maximum absolute atomic E-state index is 12.6. The Kier molecular flexibility index (Phi) is 21.3. The van der Waals surface area contributed by atoms with Gasteiger partial charge in [0.25, 0.3) is 0 Å². The van der Waals surface area contributed by atoms with Gasteiger partial charge in [0.05, 0.1) is 39.6 Å². The average molecular weight is 1070 g/mol. The highest BCUT2D eigenvalue weighted by Gasteiger charge is 2.57. The number of aliphatic hydroxyl groups excluding tert-OH is 18. The van der Waals surface area contributed by atoms with Crippen LogP contribution >= 0.6 is 0 Å². The Hall–Kier alpha value is -2.22. The number of rotatable bonds is 18. The first-order valence-electron chi connectivity index (χ1n) is 23.1. The molecule has 0 spiro atoms. The van der Waals surface area contributed by atoms with Crippen LogP contribution in [0, 0.1) is 0 Å². The largest absolute Gasteiger partial charge is 0.394 e. The van der Waals surface area contributed by atoms with Crippen LogP contribution in [0.1, 0.15) is 13.8 Å². The monoisotopic (exact) mass is 1070 g/mol. The van der Waals surface area contributed by atoms with Crippen molar-refractivity contribution in [2.45, 2.75) is 198 Å². The third-order valence-electron chi connectivity index (χ3n) is 13.2. The third-order valence-corrected chi connectivity index (χ3v) is 13.2. The lowest BCUT2D eigenvalue weighted by molar-refractivity contribution is -0.386. The van der Waals surface area contributed by atoms with E-state index in [4.69, 9.17) is 52.1 Å². The molecule has 6 rings (SSSR count). The van der Waals surface area contributed by atoms with E-state index in [0.717, 1.165) is 13.8 Å². The van der Waals surface area contributed by atoms with Crippen LogP contribution in [-0.2, 0) is 61.7 Å². The first-order chi connectivity index (χ1) is 34.5. The van der Waals surface area contributed by atoms with Gasteiger partial charge in [-0.05, 0) is 0 Å². The van der Waals surface area contributed by atoms with Crippen LogP contribution in [0.25, 0.3) is 0 Å². The molecule has 0 saturated carbocycles. The van der Waals surface area contributed by atoms with Crippen LogP contribution in [-0.4, -0.2) is 327 Å². The van der Waals surface area contributed by atoms with Gasteiger partial charge in [-0.3, -0.25) is 9.59 Å². The van der Waals surface area contributed by atoms with Gasteiger partial charge in [-0.1, -0.05) is 0 Å². The molecule has 2 amide bonds. The maximum atomic E-state index is 12.6. The highest BCUT2D eigenvalue weighted by Crippen LogP contribution is 2.36. The van der Waals surface area contributed by atoms with Crippen LogP contribution in [0.15, 0.2) is 0 Å². The topological polar surface area (TPSA) is 524 Å². The molecule has 6 heterocycles. The number of amides is 2. The molecular formula is C40H68N2O31. The molecule has 6 aliphatic heterocycles. The fourth-order valence-electron chi connectivity index (χ4n) is 9.21. The van der Waals surface area contributed by atoms with Gasteiger partial charge in [0.2, 0.25) is 11.8 Å². The summed E-state index contributed by atoms with van der Waals surface area (Å²) in [6.45, 7) is -3.62. The Morgan fingerprint density at radius 3 is 1.18 bits per heavy atom. The van der Waals surface area contributed by atoms with Gasteiger partial charge >= 0.3 is 0 Å². The number of nitrogens with one attached hydrogen (secondary N) is 2. The normalized spacial score (nSPS) is 49.8. The van der Waals surface area contributed by atoms with Gasteiger partial charge in [0, 0.05) is 13.8 Å². The van der Waals surface area contributed by atoms with Gasteiger partial charge in [0.15, 0.2) is 37.7 Å². The number of aliphatic hydroxyl groups is 18. The minimum Gasteiger partial charge on any atom is -0.394 e. The molecule has 6 fully saturated rings. The van der Waals surface area contributed by atoms with E-state index < -0.39 is 236 Å². The van der Waals surface area contributed by atoms with Gasteiger partial charge in [0.1, 0.15) is 146 Å². The average Bonchev–Trinajstić information content (AvgIpc) is 3.35. The molecule has 0 aromatic rings. The molecule has 33 heteroatoms. The van der Waals surface area contributed by atoms with Crippen LogP contribution in [0.3, 0.4) is 0 Å². The van der Waals surface area contributed by atoms with Gasteiger partial charge < -0.3 is 155 Å². The number of carbonyl (C=O) groups is 2. The summed E-state index contributed by atoms with van der Waals surface area (Å²) in [6.07, 6.45) is -53.5. The Bertz CT molecular complexity index is 1750. The number of carbonyl (C=O) groups excluding carboxylic acids is 2. The van der Waals surface area contributed by atoms with Crippen molar-refractivity contribution in [1.82, 2.24) is 10.6 Å². The zero-order valence-electron chi connectivity index (χ0n) is 38.9. The van der Waals surface area contributed by atoms with Crippen LogP contribution < -0.4 is 10.6 Å². The first kappa shape index (κ1) is 60.0. The molecule has 20 N–H and O–H groups in total. The van der Waals surface area contributed by atoms with Crippen molar-refractivity contribution in [2.24, 2.45) is 0 Å². The van der Waals surface area contributed by atoms with E-state index in [-0.39, 0.29) is 0 Å². The smallest absolute Gasteiger partial charge is 0.217 e.